The van der Waals surface area contributed by atoms with Gasteiger partial charge in [0.05, 0.1) is 0 Å². The van der Waals surface area contributed by atoms with Crippen molar-refractivity contribution in [3.63, 3.8) is 0 Å². The van der Waals surface area contributed by atoms with Crippen molar-refractivity contribution in [1.29, 1.82) is 0 Å². The quantitative estimate of drug-likeness (QED) is 0.367. The fourth-order valence-corrected chi connectivity index (χ4v) is 10.1. The van der Waals surface area contributed by atoms with Crippen LogP contribution in [0.3, 0.4) is 0 Å². The first-order chi connectivity index (χ1) is 13.1. The number of benzene rings is 3. The fraction of sp³-hybridized carbons (Fsp3) is 0.280. The van der Waals surface area contributed by atoms with Crippen LogP contribution in [0.2, 0.25) is 0 Å². The third-order valence-electron chi connectivity index (χ3n) is 6.68. The van der Waals surface area contributed by atoms with Crippen molar-refractivity contribution in [2.24, 2.45) is 0 Å². The third kappa shape index (κ3) is 2.85. The van der Waals surface area contributed by atoms with Crippen LogP contribution >= 0.6 is 6.83 Å². The second-order valence-electron chi connectivity index (χ2n) is 7.43. The molecule has 2 heteroatoms. The van der Waals surface area contributed by atoms with Crippen molar-refractivity contribution in [2.75, 3.05) is 18.5 Å². The van der Waals surface area contributed by atoms with Crippen LogP contribution in [-0.4, -0.2) is 23.4 Å². The Morgan fingerprint density at radius 2 is 0.815 bits per heavy atom. The van der Waals surface area contributed by atoms with Crippen molar-refractivity contribution >= 4 is 6.83 Å². The Hall–Kier alpha value is -1.95. The summed E-state index contributed by atoms with van der Waals surface area (Å²) in [6.45, 7) is 3.30. The molecule has 0 heterocycles. The van der Waals surface area contributed by atoms with Gasteiger partial charge in [0.15, 0.2) is 0 Å². The van der Waals surface area contributed by atoms with Gasteiger partial charge in [-0.15, -0.1) is 0 Å². The summed E-state index contributed by atoms with van der Waals surface area (Å²) in [5.41, 5.74) is 3.56. The fourth-order valence-electron chi connectivity index (χ4n) is 4.92. The van der Waals surface area contributed by atoms with Crippen molar-refractivity contribution in [3.05, 3.63) is 108 Å². The molecule has 0 unspecified atom stereocenters. The Bertz CT molecular complexity index is 747. The first-order valence-corrected chi connectivity index (χ1v) is 12.7. The van der Waals surface area contributed by atoms with Gasteiger partial charge in [0.1, 0.15) is 0 Å². The summed E-state index contributed by atoms with van der Waals surface area (Å²) >= 11 is 0. The van der Waals surface area contributed by atoms with Gasteiger partial charge in [-0.2, -0.15) is 0 Å². The molecule has 0 bridgehead atoms. The summed E-state index contributed by atoms with van der Waals surface area (Å²) in [5, 5.41) is -0.534. The van der Waals surface area contributed by atoms with Gasteiger partial charge < -0.3 is 0 Å². The van der Waals surface area contributed by atoms with Crippen LogP contribution in [0.1, 0.15) is 37.5 Å². The summed E-state index contributed by atoms with van der Waals surface area (Å²) in [5.74, 6) is 0. The van der Waals surface area contributed by atoms with Crippen molar-refractivity contribution in [2.45, 2.75) is 25.9 Å². The molecule has 0 saturated carbocycles. The number of hydrogen-bond acceptors (Lipinski definition) is 1. The minimum atomic E-state index is -3.23. The van der Waals surface area contributed by atoms with Gasteiger partial charge in [-0.3, -0.25) is 0 Å². The summed E-state index contributed by atoms with van der Waals surface area (Å²) in [4.78, 5) is 12.8. The Morgan fingerprint density at radius 1 is 0.556 bits per heavy atom. The molecular formula is C25H31OP. The van der Waals surface area contributed by atoms with Crippen LogP contribution in [0.25, 0.3) is 0 Å². The molecule has 0 atom stereocenters. The average molecular weight is 378 g/mol. The predicted octanol–water partition coefficient (Wildman–Crippen LogP) is 6.50. The maximum absolute atomic E-state index is 12.8. The van der Waals surface area contributed by atoms with Gasteiger partial charge in [0.25, 0.3) is 0 Å². The second-order valence-corrected chi connectivity index (χ2v) is 13.3. The predicted molar refractivity (Wildman–Crippen MR) is 120 cm³/mol. The van der Waals surface area contributed by atoms with E-state index in [4.69, 9.17) is 0 Å². The van der Waals surface area contributed by atoms with Crippen LogP contribution < -0.4 is 0 Å². The summed E-state index contributed by atoms with van der Waals surface area (Å²) in [7, 11) is 0. The van der Waals surface area contributed by atoms with E-state index in [2.05, 4.69) is 112 Å². The van der Waals surface area contributed by atoms with E-state index in [9.17, 15) is 4.89 Å². The van der Waals surface area contributed by atoms with E-state index in [1.54, 1.807) is 0 Å². The molecule has 27 heavy (non-hydrogen) atoms. The number of hydrogen-bond donors (Lipinski definition) is 1. The van der Waals surface area contributed by atoms with Gasteiger partial charge in [0.2, 0.25) is 0 Å². The molecule has 0 saturated heterocycles. The molecule has 0 aliphatic rings. The Balaban J connectivity index is 2.56. The van der Waals surface area contributed by atoms with Gasteiger partial charge >= 0.3 is 164 Å². The molecule has 0 radical (unpaired) electrons. The monoisotopic (exact) mass is 378 g/mol. The van der Waals surface area contributed by atoms with Gasteiger partial charge in [-0.05, 0) is 0 Å². The third-order valence-corrected chi connectivity index (χ3v) is 13.7. The molecule has 1 nitrogen and oxygen atoms in total. The van der Waals surface area contributed by atoms with Crippen LogP contribution in [0.4, 0.5) is 0 Å². The molecule has 0 aliphatic heterocycles. The average Bonchev–Trinajstić information content (AvgIpc) is 2.76. The maximum atomic E-state index is 12.8. The van der Waals surface area contributed by atoms with Gasteiger partial charge in [-0.1, -0.05) is 0 Å². The summed E-state index contributed by atoms with van der Waals surface area (Å²) < 4.78 is 0. The first-order valence-electron chi connectivity index (χ1n) is 9.98. The molecule has 0 spiro atoms. The normalized spacial score (nSPS) is 13.7. The van der Waals surface area contributed by atoms with Crippen LogP contribution in [0, 0.1) is 0 Å². The van der Waals surface area contributed by atoms with E-state index in [0.717, 1.165) is 18.5 Å². The van der Waals surface area contributed by atoms with E-state index in [-0.39, 0.29) is 0 Å². The van der Waals surface area contributed by atoms with Crippen molar-refractivity contribution in [1.82, 2.24) is 0 Å². The molecule has 0 amide bonds. The van der Waals surface area contributed by atoms with Crippen LogP contribution in [0.15, 0.2) is 91.0 Å². The van der Waals surface area contributed by atoms with Crippen molar-refractivity contribution in [3.8, 4) is 0 Å². The van der Waals surface area contributed by atoms with E-state index < -0.39 is 12.0 Å². The minimum absolute atomic E-state index is 0.534. The molecule has 0 fully saturated rings. The zero-order valence-electron chi connectivity index (χ0n) is 16.7. The van der Waals surface area contributed by atoms with Gasteiger partial charge in [-0.25, -0.2) is 0 Å². The zero-order valence-corrected chi connectivity index (χ0v) is 17.6. The summed E-state index contributed by atoms with van der Waals surface area (Å²) in [6.07, 6.45) is 2.37. The van der Waals surface area contributed by atoms with E-state index in [0.29, 0.717) is 0 Å². The SMILES string of the molecule is CCP(O)(CC)(CC)C(c1ccccc1)(c1ccccc1)c1ccccc1. The zero-order chi connectivity index (χ0) is 19.4. The molecule has 1 N–H and O–H groups in total. The molecule has 0 aromatic heterocycles. The standard InChI is InChI=1S/C25H31OP/c1-4-27(26,5-2,6-3)25(22-16-10-7-11-17-22,23-18-12-8-13-19-23)24-20-14-9-15-21-24/h7-21,26H,4-6H2,1-3H3. The Kier molecular flexibility index (Phi) is 5.56. The van der Waals surface area contributed by atoms with E-state index >= 15 is 0 Å². The van der Waals surface area contributed by atoms with Crippen molar-refractivity contribution < 1.29 is 4.89 Å². The first kappa shape index (κ1) is 19.8. The topological polar surface area (TPSA) is 20.2 Å². The summed E-state index contributed by atoms with van der Waals surface area (Å²) in [6, 6.07) is 31.9. The van der Waals surface area contributed by atoms with Crippen LogP contribution in [0.5, 0.6) is 0 Å². The molecule has 3 rings (SSSR count). The number of rotatable bonds is 7. The Labute approximate surface area is 164 Å². The van der Waals surface area contributed by atoms with Crippen LogP contribution in [-0.2, 0) is 5.16 Å². The molecule has 3 aromatic carbocycles. The Morgan fingerprint density at radius 3 is 1.04 bits per heavy atom. The molecule has 142 valence electrons. The molecule has 3 aromatic rings. The second kappa shape index (κ2) is 7.58. The molecular weight excluding hydrogens is 347 g/mol. The van der Waals surface area contributed by atoms with E-state index in [1.165, 1.54) is 16.7 Å². The van der Waals surface area contributed by atoms with Gasteiger partial charge in [0, 0.05) is 0 Å². The van der Waals surface area contributed by atoms with E-state index in [1.807, 2.05) is 0 Å². The molecule has 0 aliphatic carbocycles.